The van der Waals surface area contributed by atoms with Crippen LogP contribution in [0.3, 0.4) is 0 Å². The summed E-state index contributed by atoms with van der Waals surface area (Å²) in [5.74, 6) is 0. The maximum atomic E-state index is 4.39. The number of aryl methyl sites for hydroxylation is 1. The molecule has 2 rings (SSSR count). The second kappa shape index (κ2) is 3.06. The molecule has 0 bridgehead atoms. The molecule has 0 radical (unpaired) electrons. The molecule has 1 heterocycles. The zero-order valence-corrected chi connectivity index (χ0v) is 9.90. The summed E-state index contributed by atoms with van der Waals surface area (Å²) in [6, 6.07) is 0. The molecule has 0 aromatic carbocycles. The van der Waals surface area contributed by atoms with Gasteiger partial charge in [-0.15, -0.1) is 0 Å². The van der Waals surface area contributed by atoms with Crippen molar-refractivity contribution in [2.75, 3.05) is 0 Å². The Morgan fingerprint density at radius 1 is 1.21 bits per heavy atom. The van der Waals surface area contributed by atoms with Crippen LogP contribution >= 0.6 is 11.5 Å². The van der Waals surface area contributed by atoms with Crippen molar-refractivity contribution in [3.8, 4) is 0 Å². The lowest BCUT2D eigenvalue weighted by Crippen LogP contribution is -2.22. The Kier molecular flexibility index (Phi) is 2.11. The smallest absolute Gasteiger partial charge is 0.0586 e. The summed E-state index contributed by atoms with van der Waals surface area (Å²) in [6.07, 6.45) is 6.85. The van der Waals surface area contributed by atoms with Crippen LogP contribution in [0.1, 0.15) is 26.5 Å². The van der Waals surface area contributed by atoms with Crippen LogP contribution in [0.25, 0.3) is 12.2 Å². The Morgan fingerprint density at radius 2 is 1.93 bits per heavy atom. The first kappa shape index (κ1) is 9.66. The molecule has 0 fully saturated rings. The molecule has 1 aliphatic rings. The molecule has 1 aromatic heterocycles. The first-order valence-corrected chi connectivity index (χ1v) is 5.62. The van der Waals surface area contributed by atoms with Gasteiger partial charge in [0.15, 0.2) is 0 Å². The highest BCUT2D eigenvalue weighted by Crippen LogP contribution is 2.22. The molecule has 2 heteroatoms. The molecule has 0 amide bonds. The lowest BCUT2D eigenvalue weighted by atomic mass is 9.91. The molecule has 0 saturated carbocycles. The van der Waals surface area contributed by atoms with Gasteiger partial charge in [0.25, 0.3) is 0 Å². The van der Waals surface area contributed by atoms with Crippen LogP contribution in [0.2, 0.25) is 0 Å². The molecule has 0 unspecified atom stereocenters. The number of aromatic nitrogens is 1. The first-order valence-electron chi connectivity index (χ1n) is 4.84. The number of rotatable bonds is 0. The zero-order chi connectivity index (χ0) is 10.3. The topological polar surface area (TPSA) is 12.9 Å². The predicted molar refractivity (Wildman–Crippen MR) is 62.6 cm³/mol. The van der Waals surface area contributed by atoms with Crippen LogP contribution in [-0.2, 0) is 0 Å². The minimum atomic E-state index is 0.138. The average Bonchev–Trinajstić information content (AvgIpc) is 2.31. The third-order valence-electron chi connectivity index (χ3n) is 2.41. The van der Waals surface area contributed by atoms with E-state index in [0.29, 0.717) is 0 Å². The third-order valence-corrected chi connectivity index (χ3v) is 3.31. The second-order valence-corrected chi connectivity index (χ2v) is 5.35. The summed E-state index contributed by atoms with van der Waals surface area (Å²) in [5, 5.41) is 1.31. The SMILES string of the molecule is CC1=CC(C)(C)C=c2c(C)nsc2=C1. The highest BCUT2D eigenvalue weighted by atomic mass is 32.1. The Balaban J connectivity index is 2.83. The summed E-state index contributed by atoms with van der Waals surface area (Å²) < 4.78 is 5.69. The van der Waals surface area contributed by atoms with E-state index < -0.39 is 0 Å². The van der Waals surface area contributed by atoms with Crippen molar-refractivity contribution in [3.05, 3.63) is 27.1 Å². The first-order chi connectivity index (χ1) is 6.48. The molecule has 74 valence electrons. The van der Waals surface area contributed by atoms with E-state index in [1.165, 1.54) is 15.3 Å². The number of hydrogen-bond donors (Lipinski definition) is 0. The summed E-state index contributed by atoms with van der Waals surface area (Å²) >= 11 is 1.59. The highest BCUT2D eigenvalue weighted by Gasteiger charge is 2.14. The maximum absolute atomic E-state index is 4.39. The summed E-state index contributed by atoms with van der Waals surface area (Å²) in [5.41, 5.74) is 2.62. The van der Waals surface area contributed by atoms with Gasteiger partial charge in [-0.05, 0) is 31.5 Å². The molecule has 14 heavy (non-hydrogen) atoms. The number of hydrogen-bond acceptors (Lipinski definition) is 2. The fraction of sp³-hybridized carbons (Fsp3) is 0.417. The van der Waals surface area contributed by atoms with Gasteiger partial charge in [-0.25, -0.2) is 0 Å². The maximum Gasteiger partial charge on any atom is 0.0586 e. The van der Waals surface area contributed by atoms with Crippen molar-refractivity contribution in [1.29, 1.82) is 0 Å². The van der Waals surface area contributed by atoms with Crippen LogP contribution in [0.15, 0.2) is 11.6 Å². The van der Waals surface area contributed by atoms with Gasteiger partial charge in [0.1, 0.15) is 0 Å². The summed E-state index contributed by atoms with van der Waals surface area (Å²) in [4.78, 5) is 0. The van der Waals surface area contributed by atoms with Crippen molar-refractivity contribution < 1.29 is 0 Å². The van der Waals surface area contributed by atoms with Gasteiger partial charge in [-0.3, -0.25) is 0 Å². The van der Waals surface area contributed by atoms with Crippen molar-refractivity contribution in [2.24, 2.45) is 5.41 Å². The standard InChI is InChI=1S/C12H15NS/c1-8-5-11-10(9(2)13-14-11)7-12(3,4)6-8/h5-7H,1-4H3. The molecule has 0 aliphatic heterocycles. The van der Waals surface area contributed by atoms with E-state index in [9.17, 15) is 0 Å². The molecule has 0 saturated heterocycles. The quantitative estimate of drug-likeness (QED) is 0.631. The van der Waals surface area contributed by atoms with Gasteiger partial charge in [0.2, 0.25) is 0 Å². The van der Waals surface area contributed by atoms with E-state index >= 15 is 0 Å². The Morgan fingerprint density at radius 3 is 2.64 bits per heavy atom. The van der Waals surface area contributed by atoms with E-state index in [1.54, 1.807) is 11.5 Å². The molecule has 0 spiro atoms. The van der Waals surface area contributed by atoms with Crippen LogP contribution in [0, 0.1) is 12.3 Å². The fourth-order valence-electron chi connectivity index (χ4n) is 1.92. The van der Waals surface area contributed by atoms with E-state index in [2.05, 4.69) is 50.3 Å². The molecular weight excluding hydrogens is 190 g/mol. The summed E-state index contributed by atoms with van der Waals surface area (Å²) in [6.45, 7) is 8.70. The van der Waals surface area contributed by atoms with Gasteiger partial charge >= 0.3 is 0 Å². The van der Waals surface area contributed by atoms with Crippen LogP contribution < -0.4 is 9.75 Å². The largest absolute Gasteiger partial charge is 0.197 e. The molecule has 0 N–H and O–H groups in total. The van der Waals surface area contributed by atoms with E-state index in [1.807, 2.05) is 0 Å². The zero-order valence-electron chi connectivity index (χ0n) is 9.09. The van der Waals surface area contributed by atoms with Crippen molar-refractivity contribution >= 4 is 23.7 Å². The van der Waals surface area contributed by atoms with Crippen molar-refractivity contribution in [2.45, 2.75) is 27.7 Å². The summed E-state index contributed by atoms with van der Waals surface area (Å²) in [7, 11) is 0. The molecule has 0 atom stereocenters. The molecule has 1 nitrogen and oxygen atoms in total. The monoisotopic (exact) mass is 205 g/mol. The predicted octanol–water partition coefficient (Wildman–Crippen LogP) is 2.00. The lowest BCUT2D eigenvalue weighted by molar-refractivity contribution is 0.666. The lowest BCUT2D eigenvalue weighted by Gasteiger charge is -2.14. The van der Waals surface area contributed by atoms with Crippen LogP contribution in [-0.4, -0.2) is 4.37 Å². The van der Waals surface area contributed by atoms with E-state index in [-0.39, 0.29) is 5.41 Å². The third kappa shape index (κ3) is 1.67. The average molecular weight is 205 g/mol. The van der Waals surface area contributed by atoms with Gasteiger partial charge in [0.05, 0.1) is 10.2 Å². The van der Waals surface area contributed by atoms with Crippen molar-refractivity contribution in [3.63, 3.8) is 0 Å². The van der Waals surface area contributed by atoms with Gasteiger partial charge < -0.3 is 0 Å². The molecule has 1 aliphatic carbocycles. The van der Waals surface area contributed by atoms with Crippen LogP contribution in [0.4, 0.5) is 0 Å². The Hall–Kier alpha value is -0.890. The molecule has 1 aromatic rings. The highest BCUT2D eigenvalue weighted by molar-refractivity contribution is 7.03. The minimum Gasteiger partial charge on any atom is -0.197 e. The van der Waals surface area contributed by atoms with E-state index in [4.69, 9.17) is 0 Å². The Labute approximate surface area is 88.6 Å². The van der Waals surface area contributed by atoms with E-state index in [0.717, 1.165) is 5.69 Å². The normalized spacial score (nSPS) is 18.7. The van der Waals surface area contributed by atoms with Gasteiger partial charge in [-0.2, -0.15) is 4.37 Å². The fourth-order valence-corrected chi connectivity index (χ4v) is 2.80. The second-order valence-electron chi connectivity index (χ2n) is 4.54. The van der Waals surface area contributed by atoms with Gasteiger partial charge in [0, 0.05) is 10.6 Å². The number of fused-ring (bicyclic) bond motifs is 1. The van der Waals surface area contributed by atoms with Crippen molar-refractivity contribution in [1.82, 2.24) is 4.37 Å². The minimum absolute atomic E-state index is 0.138. The number of allylic oxidation sites excluding steroid dienone is 2. The number of nitrogens with zero attached hydrogens (tertiary/aromatic N) is 1. The van der Waals surface area contributed by atoms with Crippen LogP contribution in [0.5, 0.6) is 0 Å². The van der Waals surface area contributed by atoms with Gasteiger partial charge in [-0.1, -0.05) is 31.6 Å². The Bertz CT molecular complexity index is 503. The molecular formula is C12H15NS.